The summed E-state index contributed by atoms with van der Waals surface area (Å²) in [5.74, 6) is 0. The Bertz CT molecular complexity index is 412. The van der Waals surface area contributed by atoms with Crippen LogP contribution < -0.4 is 11.5 Å². The average Bonchev–Trinajstić information content (AvgIpc) is 2.65. The van der Waals surface area contributed by atoms with E-state index in [1.165, 1.54) is 11.3 Å². The first kappa shape index (κ1) is 9.11. The van der Waals surface area contributed by atoms with Gasteiger partial charge in [0.15, 0.2) is 0 Å². The third kappa shape index (κ3) is 1.73. The Hall–Kier alpha value is -1.46. The second-order valence-corrected chi connectivity index (χ2v) is 3.91. The Labute approximate surface area is 85.6 Å². The Kier molecular flexibility index (Phi) is 2.43. The highest BCUT2D eigenvalue weighted by Crippen LogP contribution is 2.23. The van der Waals surface area contributed by atoms with E-state index < -0.39 is 0 Å². The summed E-state index contributed by atoms with van der Waals surface area (Å²) >= 11 is 1.32. The Morgan fingerprint density at radius 2 is 1.86 bits per heavy atom. The van der Waals surface area contributed by atoms with Gasteiger partial charge < -0.3 is 11.5 Å². The molecule has 0 bridgehead atoms. The van der Waals surface area contributed by atoms with Crippen molar-refractivity contribution < 1.29 is 0 Å². The predicted octanol–water partition coefficient (Wildman–Crippen LogP) is 1.17. The SMILES string of the molecule is Nc1nnc([C@@H](N)c2ccccc2)s1. The van der Waals surface area contributed by atoms with Crippen LogP contribution in [0.5, 0.6) is 0 Å². The van der Waals surface area contributed by atoms with Crippen LogP contribution in [0.3, 0.4) is 0 Å². The minimum atomic E-state index is -0.231. The fourth-order valence-electron chi connectivity index (χ4n) is 1.18. The van der Waals surface area contributed by atoms with Crippen molar-refractivity contribution in [2.24, 2.45) is 5.73 Å². The molecular weight excluding hydrogens is 196 g/mol. The summed E-state index contributed by atoms with van der Waals surface area (Å²) in [7, 11) is 0. The molecule has 4 N–H and O–H groups in total. The molecule has 0 aliphatic rings. The molecule has 14 heavy (non-hydrogen) atoms. The van der Waals surface area contributed by atoms with Gasteiger partial charge in [0.05, 0.1) is 6.04 Å². The molecule has 5 heteroatoms. The number of benzene rings is 1. The van der Waals surface area contributed by atoms with Crippen molar-refractivity contribution in [2.75, 3.05) is 5.73 Å². The van der Waals surface area contributed by atoms with E-state index in [9.17, 15) is 0 Å². The third-order valence-electron chi connectivity index (χ3n) is 1.88. The van der Waals surface area contributed by atoms with E-state index in [-0.39, 0.29) is 6.04 Å². The first-order chi connectivity index (χ1) is 6.77. The van der Waals surface area contributed by atoms with Gasteiger partial charge in [-0.3, -0.25) is 0 Å². The Morgan fingerprint density at radius 3 is 2.43 bits per heavy atom. The molecule has 2 aromatic rings. The van der Waals surface area contributed by atoms with E-state index in [1.807, 2.05) is 30.3 Å². The topological polar surface area (TPSA) is 77.8 Å². The van der Waals surface area contributed by atoms with Crippen LogP contribution >= 0.6 is 11.3 Å². The molecule has 0 unspecified atom stereocenters. The zero-order valence-corrected chi connectivity index (χ0v) is 8.24. The van der Waals surface area contributed by atoms with Crippen LogP contribution in [0.1, 0.15) is 16.6 Å². The number of aromatic nitrogens is 2. The van der Waals surface area contributed by atoms with Crippen LogP contribution in [0.15, 0.2) is 30.3 Å². The van der Waals surface area contributed by atoms with E-state index in [0.29, 0.717) is 5.13 Å². The molecule has 72 valence electrons. The van der Waals surface area contributed by atoms with E-state index in [4.69, 9.17) is 11.5 Å². The number of anilines is 1. The lowest BCUT2D eigenvalue weighted by atomic mass is 10.1. The van der Waals surface area contributed by atoms with Crippen LogP contribution in [0, 0.1) is 0 Å². The highest BCUT2D eigenvalue weighted by Gasteiger charge is 2.12. The molecule has 1 atom stereocenters. The number of nitrogens with zero attached hydrogens (tertiary/aromatic N) is 2. The fourth-order valence-corrected chi connectivity index (χ4v) is 1.82. The van der Waals surface area contributed by atoms with Gasteiger partial charge in [0, 0.05) is 0 Å². The Balaban J connectivity index is 2.29. The molecule has 0 fully saturated rings. The lowest BCUT2D eigenvalue weighted by molar-refractivity contribution is 0.831. The van der Waals surface area contributed by atoms with Crippen molar-refractivity contribution in [1.82, 2.24) is 10.2 Å². The van der Waals surface area contributed by atoms with Gasteiger partial charge in [0.2, 0.25) is 5.13 Å². The van der Waals surface area contributed by atoms with Crippen molar-refractivity contribution in [3.05, 3.63) is 40.9 Å². The van der Waals surface area contributed by atoms with Crippen LogP contribution in [-0.2, 0) is 0 Å². The molecule has 0 radical (unpaired) electrons. The van der Waals surface area contributed by atoms with Gasteiger partial charge in [0.25, 0.3) is 0 Å². The normalized spacial score (nSPS) is 12.6. The van der Waals surface area contributed by atoms with Crippen molar-refractivity contribution in [3.63, 3.8) is 0 Å². The summed E-state index contributed by atoms with van der Waals surface area (Å²) in [5.41, 5.74) is 12.5. The van der Waals surface area contributed by atoms with Crippen LogP contribution in [0.4, 0.5) is 5.13 Å². The summed E-state index contributed by atoms with van der Waals surface area (Å²) in [6, 6.07) is 9.53. The standard InChI is InChI=1S/C9H10N4S/c10-7(6-4-2-1-3-5-6)8-12-13-9(11)14-8/h1-5,7H,10H2,(H2,11,13)/t7-/m0/s1. The van der Waals surface area contributed by atoms with Gasteiger partial charge >= 0.3 is 0 Å². The predicted molar refractivity (Wildman–Crippen MR) is 56.8 cm³/mol. The monoisotopic (exact) mass is 206 g/mol. The molecule has 0 aliphatic heterocycles. The lowest BCUT2D eigenvalue weighted by Crippen LogP contribution is -2.11. The number of hydrogen-bond acceptors (Lipinski definition) is 5. The Morgan fingerprint density at radius 1 is 1.14 bits per heavy atom. The van der Waals surface area contributed by atoms with E-state index in [1.54, 1.807) is 0 Å². The molecule has 0 aliphatic carbocycles. The quantitative estimate of drug-likeness (QED) is 0.773. The van der Waals surface area contributed by atoms with Crippen LogP contribution in [-0.4, -0.2) is 10.2 Å². The van der Waals surface area contributed by atoms with E-state index in [0.717, 1.165) is 10.6 Å². The largest absolute Gasteiger partial charge is 0.374 e. The first-order valence-corrected chi connectivity index (χ1v) is 4.98. The van der Waals surface area contributed by atoms with Crippen LogP contribution in [0.2, 0.25) is 0 Å². The van der Waals surface area contributed by atoms with Crippen molar-refractivity contribution in [1.29, 1.82) is 0 Å². The maximum Gasteiger partial charge on any atom is 0.203 e. The molecule has 0 spiro atoms. The molecule has 0 amide bonds. The first-order valence-electron chi connectivity index (χ1n) is 4.17. The molecule has 1 aromatic heterocycles. The van der Waals surface area contributed by atoms with Crippen molar-refractivity contribution >= 4 is 16.5 Å². The van der Waals surface area contributed by atoms with Crippen molar-refractivity contribution in [2.45, 2.75) is 6.04 Å². The second kappa shape index (κ2) is 3.73. The number of hydrogen-bond donors (Lipinski definition) is 2. The minimum absolute atomic E-state index is 0.231. The lowest BCUT2D eigenvalue weighted by Gasteiger charge is -2.06. The van der Waals surface area contributed by atoms with E-state index in [2.05, 4.69) is 10.2 Å². The van der Waals surface area contributed by atoms with Gasteiger partial charge in [-0.1, -0.05) is 41.7 Å². The molecule has 0 saturated heterocycles. The minimum Gasteiger partial charge on any atom is -0.374 e. The zero-order chi connectivity index (χ0) is 9.97. The van der Waals surface area contributed by atoms with Gasteiger partial charge in [-0.2, -0.15) is 0 Å². The van der Waals surface area contributed by atoms with Gasteiger partial charge in [-0.15, -0.1) is 10.2 Å². The van der Waals surface area contributed by atoms with Crippen LogP contribution in [0.25, 0.3) is 0 Å². The third-order valence-corrected chi connectivity index (χ3v) is 2.72. The highest BCUT2D eigenvalue weighted by atomic mass is 32.1. The summed E-state index contributed by atoms with van der Waals surface area (Å²) in [4.78, 5) is 0. The van der Waals surface area contributed by atoms with Gasteiger partial charge in [-0.25, -0.2) is 0 Å². The summed E-state index contributed by atoms with van der Waals surface area (Å²) in [6.45, 7) is 0. The van der Waals surface area contributed by atoms with Gasteiger partial charge in [0.1, 0.15) is 5.01 Å². The second-order valence-electron chi connectivity index (χ2n) is 2.87. The average molecular weight is 206 g/mol. The molecule has 0 saturated carbocycles. The van der Waals surface area contributed by atoms with Crippen molar-refractivity contribution in [3.8, 4) is 0 Å². The van der Waals surface area contributed by atoms with E-state index >= 15 is 0 Å². The number of nitrogen functional groups attached to an aromatic ring is 1. The summed E-state index contributed by atoms with van der Waals surface area (Å²) in [6.07, 6.45) is 0. The molecular formula is C9H10N4S. The summed E-state index contributed by atoms with van der Waals surface area (Å²) in [5, 5.41) is 8.83. The summed E-state index contributed by atoms with van der Waals surface area (Å²) < 4.78 is 0. The molecule has 1 aromatic carbocycles. The molecule has 4 nitrogen and oxygen atoms in total. The maximum absolute atomic E-state index is 5.98. The molecule has 1 heterocycles. The maximum atomic E-state index is 5.98. The number of nitrogens with two attached hydrogens (primary N) is 2. The smallest absolute Gasteiger partial charge is 0.203 e. The highest BCUT2D eigenvalue weighted by molar-refractivity contribution is 7.15. The zero-order valence-electron chi connectivity index (χ0n) is 7.42. The number of rotatable bonds is 2. The fraction of sp³-hybridized carbons (Fsp3) is 0.111. The van der Waals surface area contributed by atoms with Gasteiger partial charge in [-0.05, 0) is 5.56 Å². The molecule has 2 rings (SSSR count).